The molecule has 0 radical (unpaired) electrons. The van der Waals surface area contributed by atoms with Crippen LogP contribution < -0.4 is 11.1 Å². The number of aromatic nitrogens is 1. The lowest BCUT2D eigenvalue weighted by atomic mass is 10.2. The minimum Gasteiger partial charge on any atom is -0.397 e. The van der Waals surface area contributed by atoms with Gasteiger partial charge in [0.05, 0.1) is 24.8 Å². The number of hydrogen-bond acceptors (Lipinski definition) is 4. The van der Waals surface area contributed by atoms with E-state index in [4.69, 9.17) is 5.73 Å². The molecular formula is C13H21ClN4O2. The lowest BCUT2D eigenvalue weighted by Gasteiger charge is -2.17. The first-order valence-corrected chi connectivity index (χ1v) is 6.12. The van der Waals surface area contributed by atoms with Crippen molar-refractivity contribution in [1.29, 1.82) is 0 Å². The first kappa shape index (κ1) is 18.2. The molecule has 0 aromatic carbocycles. The summed E-state index contributed by atoms with van der Waals surface area (Å²) in [5, 5.41) is 2.73. The van der Waals surface area contributed by atoms with E-state index in [-0.39, 0.29) is 43.2 Å². The van der Waals surface area contributed by atoms with Crippen molar-refractivity contribution in [2.24, 2.45) is 0 Å². The van der Waals surface area contributed by atoms with Gasteiger partial charge in [-0.25, -0.2) is 0 Å². The summed E-state index contributed by atoms with van der Waals surface area (Å²) >= 11 is 0. The van der Waals surface area contributed by atoms with Crippen molar-refractivity contribution < 1.29 is 9.59 Å². The van der Waals surface area contributed by atoms with E-state index in [1.165, 1.54) is 11.1 Å². The average Bonchev–Trinajstić information content (AvgIpc) is 2.30. The van der Waals surface area contributed by atoms with E-state index < -0.39 is 0 Å². The predicted octanol–water partition coefficient (Wildman–Crippen LogP) is 0.611. The van der Waals surface area contributed by atoms with E-state index in [0.29, 0.717) is 11.4 Å². The quantitative estimate of drug-likeness (QED) is 0.834. The summed E-state index contributed by atoms with van der Waals surface area (Å²) in [5.41, 5.74) is 6.71. The summed E-state index contributed by atoms with van der Waals surface area (Å²) in [6.45, 7) is 3.79. The van der Waals surface area contributed by atoms with Crippen molar-refractivity contribution in [2.45, 2.75) is 26.3 Å². The SMILES string of the molecule is CC(C)NC(=O)CN(C)C(=O)Cc1ccc(N)cn1.Cl. The number of nitrogen functional groups attached to an aromatic ring is 1. The predicted molar refractivity (Wildman–Crippen MR) is 80.5 cm³/mol. The Labute approximate surface area is 125 Å². The number of anilines is 1. The van der Waals surface area contributed by atoms with E-state index in [1.54, 1.807) is 19.2 Å². The van der Waals surface area contributed by atoms with Gasteiger partial charge >= 0.3 is 0 Å². The molecule has 0 unspecified atom stereocenters. The summed E-state index contributed by atoms with van der Waals surface area (Å²) in [4.78, 5) is 28.9. The minimum atomic E-state index is -0.170. The van der Waals surface area contributed by atoms with Gasteiger partial charge in [-0.2, -0.15) is 0 Å². The maximum absolute atomic E-state index is 11.9. The van der Waals surface area contributed by atoms with Crippen LogP contribution in [-0.2, 0) is 16.0 Å². The standard InChI is InChI=1S/C13H20N4O2.ClH/c1-9(2)16-12(18)8-17(3)13(19)6-11-5-4-10(14)7-15-11;/h4-5,7,9H,6,8,14H2,1-3H3,(H,16,18);1H. The number of hydrogen-bond donors (Lipinski definition) is 2. The Bertz CT molecular complexity index is 448. The van der Waals surface area contributed by atoms with Crippen LogP contribution in [0.15, 0.2) is 18.3 Å². The highest BCUT2D eigenvalue weighted by Crippen LogP contribution is 2.03. The number of amides is 2. The molecule has 3 N–H and O–H groups in total. The maximum Gasteiger partial charge on any atom is 0.239 e. The van der Waals surface area contributed by atoms with E-state index in [0.717, 1.165) is 0 Å². The van der Waals surface area contributed by atoms with Crippen molar-refractivity contribution in [3.63, 3.8) is 0 Å². The van der Waals surface area contributed by atoms with Crippen LogP contribution in [0.5, 0.6) is 0 Å². The maximum atomic E-state index is 11.9. The van der Waals surface area contributed by atoms with Crippen LogP contribution in [0, 0.1) is 0 Å². The Morgan fingerprint density at radius 3 is 2.55 bits per heavy atom. The largest absolute Gasteiger partial charge is 0.397 e. The molecule has 0 atom stereocenters. The topological polar surface area (TPSA) is 88.3 Å². The molecule has 0 spiro atoms. The van der Waals surface area contributed by atoms with Crippen LogP contribution in [0.4, 0.5) is 5.69 Å². The molecular weight excluding hydrogens is 280 g/mol. The summed E-state index contributed by atoms with van der Waals surface area (Å²) in [6, 6.07) is 3.46. The Kier molecular flexibility index (Phi) is 7.61. The van der Waals surface area contributed by atoms with Gasteiger partial charge in [-0.05, 0) is 26.0 Å². The van der Waals surface area contributed by atoms with Crippen LogP contribution in [0.25, 0.3) is 0 Å². The Morgan fingerprint density at radius 1 is 1.40 bits per heavy atom. The third kappa shape index (κ3) is 6.38. The van der Waals surface area contributed by atoms with E-state index in [9.17, 15) is 9.59 Å². The van der Waals surface area contributed by atoms with Crippen LogP contribution in [0.1, 0.15) is 19.5 Å². The second-order valence-corrected chi connectivity index (χ2v) is 4.73. The molecule has 1 rings (SSSR count). The summed E-state index contributed by atoms with van der Waals surface area (Å²) in [7, 11) is 1.60. The van der Waals surface area contributed by atoms with Gasteiger partial charge in [0.25, 0.3) is 0 Å². The second kappa shape index (κ2) is 8.37. The van der Waals surface area contributed by atoms with Gasteiger partial charge < -0.3 is 16.0 Å². The number of halogens is 1. The second-order valence-electron chi connectivity index (χ2n) is 4.73. The molecule has 6 nitrogen and oxygen atoms in total. The zero-order valence-electron chi connectivity index (χ0n) is 11.9. The van der Waals surface area contributed by atoms with Crippen molar-refractivity contribution in [3.05, 3.63) is 24.0 Å². The smallest absolute Gasteiger partial charge is 0.239 e. The van der Waals surface area contributed by atoms with Gasteiger partial charge in [0.2, 0.25) is 11.8 Å². The number of pyridine rings is 1. The van der Waals surface area contributed by atoms with Crippen molar-refractivity contribution in [3.8, 4) is 0 Å². The molecule has 1 aromatic rings. The highest BCUT2D eigenvalue weighted by Gasteiger charge is 2.14. The Hall–Kier alpha value is -1.82. The number of nitrogens with two attached hydrogens (primary N) is 1. The third-order valence-electron chi connectivity index (χ3n) is 2.44. The molecule has 1 aromatic heterocycles. The monoisotopic (exact) mass is 300 g/mol. The highest BCUT2D eigenvalue weighted by atomic mass is 35.5. The molecule has 0 aliphatic rings. The normalized spacial score (nSPS) is 9.80. The summed E-state index contributed by atoms with van der Waals surface area (Å²) < 4.78 is 0. The fourth-order valence-electron chi connectivity index (χ4n) is 1.50. The zero-order valence-corrected chi connectivity index (χ0v) is 12.7. The first-order valence-electron chi connectivity index (χ1n) is 6.12. The molecule has 0 aliphatic heterocycles. The molecule has 20 heavy (non-hydrogen) atoms. The Morgan fingerprint density at radius 2 is 2.05 bits per heavy atom. The summed E-state index contributed by atoms with van der Waals surface area (Å²) in [6.07, 6.45) is 1.67. The van der Waals surface area contributed by atoms with Crippen LogP contribution >= 0.6 is 12.4 Å². The summed E-state index contributed by atoms with van der Waals surface area (Å²) in [5.74, 6) is -0.327. The van der Waals surface area contributed by atoms with E-state index >= 15 is 0 Å². The number of likely N-dealkylation sites (N-methyl/N-ethyl adjacent to an activating group) is 1. The molecule has 0 fully saturated rings. The molecule has 0 aliphatic carbocycles. The van der Waals surface area contributed by atoms with Gasteiger partial charge in [-0.3, -0.25) is 14.6 Å². The lowest BCUT2D eigenvalue weighted by Crippen LogP contribution is -2.41. The van der Waals surface area contributed by atoms with Gasteiger partial charge in [0, 0.05) is 18.8 Å². The fraction of sp³-hybridized carbons (Fsp3) is 0.462. The lowest BCUT2D eigenvalue weighted by molar-refractivity contribution is -0.134. The molecule has 112 valence electrons. The number of nitrogens with one attached hydrogen (secondary N) is 1. The molecule has 1 heterocycles. The van der Waals surface area contributed by atoms with Crippen molar-refractivity contribution in [2.75, 3.05) is 19.3 Å². The number of carbonyl (C=O) groups excluding carboxylic acids is 2. The third-order valence-corrected chi connectivity index (χ3v) is 2.44. The van der Waals surface area contributed by atoms with Crippen molar-refractivity contribution >= 4 is 29.9 Å². The molecule has 0 saturated carbocycles. The molecule has 7 heteroatoms. The number of nitrogens with zero attached hydrogens (tertiary/aromatic N) is 2. The van der Waals surface area contributed by atoms with Crippen molar-refractivity contribution in [1.82, 2.24) is 15.2 Å². The van der Waals surface area contributed by atoms with Crippen LogP contribution in [0.2, 0.25) is 0 Å². The average molecular weight is 301 g/mol. The zero-order chi connectivity index (χ0) is 14.4. The van der Waals surface area contributed by atoms with E-state index in [2.05, 4.69) is 10.3 Å². The minimum absolute atomic E-state index is 0. The van der Waals surface area contributed by atoms with Gasteiger partial charge in [0.15, 0.2) is 0 Å². The molecule has 2 amide bonds. The van der Waals surface area contributed by atoms with Crippen LogP contribution in [-0.4, -0.2) is 41.3 Å². The van der Waals surface area contributed by atoms with Gasteiger partial charge in [-0.1, -0.05) is 0 Å². The van der Waals surface area contributed by atoms with Gasteiger partial charge in [0.1, 0.15) is 0 Å². The first-order chi connectivity index (χ1) is 8.88. The van der Waals surface area contributed by atoms with E-state index in [1.807, 2.05) is 13.8 Å². The molecule has 0 saturated heterocycles. The van der Waals surface area contributed by atoms with Crippen LogP contribution in [0.3, 0.4) is 0 Å². The molecule has 0 bridgehead atoms. The highest BCUT2D eigenvalue weighted by molar-refractivity contribution is 5.85. The number of rotatable bonds is 5. The van der Waals surface area contributed by atoms with Gasteiger partial charge in [-0.15, -0.1) is 12.4 Å². The fourth-order valence-corrected chi connectivity index (χ4v) is 1.50. The Balaban J connectivity index is 0.00000361. The number of carbonyl (C=O) groups is 2.